The molecule has 0 N–H and O–H groups in total. The van der Waals surface area contributed by atoms with E-state index in [0.717, 1.165) is 11.3 Å². The van der Waals surface area contributed by atoms with Gasteiger partial charge in [-0.15, -0.1) is 16.8 Å². The van der Waals surface area contributed by atoms with Crippen LogP contribution in [0.2, 0.25) is 0 Å². The van der Waals surface area contributed by atoms with E-state index in [9.17, 15) is 8.42 Å². The van der Waals surface area contributed by atoms with Gasteiger partial charge in [-0.1, -0.05) is 59.8 Å². The summed E-state index contributed by atoms with van der Waals surface area (Å²) >= 11 is 1.55. The molecule has 0 saturated heterocycles. The summed E-state index contributed by atoms with van der Waals surface area (Å²) in [7, 11) is -3.50. The number of aromatic nitrogens is 3. The largest absolute Gasteiger partial charge is 0.301 e. The van der Waals surface area contributed by atoms with Crippen LogP contribution in [0.25, 0.3) is 0 Å². The van der Waals surface area contributed by atoms with Crippen LogP contribution in [0.4, 0.5) is 0 Å². The smallest absolute Gasteiger partial charge is 0.191 e. The molecule has 0 unspecified atom stereocenters. The summed E-state index contributed by atoms with van der Waals surface area (Å²) < 4.78 is 27.4. The minimum atomic E-state index is -3.50. The fraction of sp³-hybridized carbons (Fsp3) is 0.238. The van der Waals surface area contributed by atoms with Gasteiger partial charge in [-0.3, -0.25) is 0 Å². The zero-order chi connectivity index (χ0) is 20.1. The van der Waals surface area contributed by atoms with Gasteiger partial charge in [0.1, 0.15) is 11.6 Å². The lowest BCUT2D eigenvalue weighted by Crippen LogP contribution is -2.11. The van der Waals surface area contributed by atoms with Crippen molar-refractivity contribution in [3.8, 4) is 0 Å². The number of sulfone groups is 1. The van der Waals surface area contributed by atoms with E-state index in [1.165, 1.54) is 11.1 Å². The Kier molecular flexibility index (Phi) is 6.36. The molecule has 3 aromatic rings. The van der Waals surface area contributed by atoms with Gasteiger partial charge in [0.25, 0.3) is 0 Å². The van der Waals surface area contributed by atoms with Crippen LogP contribution in [-0.2, 0) is 27.9 Å². The van der Waals surface area contributed by atoms with E-state index in [1.807, 2.05) is 23.6 Å². The van der Waals surface area contributed by atoms with Crippen molar-refractivity contribution in [2.75, 3.05) is 0 Å². The Morgan fingerprint density at radius 2 is 1.79 bits per heavy atom. The molecule has 0 spiro atoms. The fourth-order valence-electron chi connectivity index (χ4n) is 2.76. The van der Waals surface area contributed by atoms with Gasteiger partial charge < -0.3 is 4.57 Å². The van der Waals surface area contributed by atoms with Gasteiger partial charge in [-0.05, 0) is 37.1 Å². The molecule has 2 aromatic carbocycles. The Morgan fingerprint density at radius 3 is 2.46 bits per heavy atom. The molecule has 0 atom stereocenters. The lowest BCUT2D eigenvalue weighted by atomic mass is 10.1. The molecule has 7 heteroatoms. The third-order valence-corrected chi connectivity index (χ3v) is 7.07. The van der Waals surface area contributed by atoms with Crippen LogP contribution in [0.3, 0.4) is 0 Å². The molecule has 1 heterocycles. The topological polar surface area (TPSA) is 64.8 Å². The van der Waals surface area contributed by atoms with Gasteiger partial charge in [0.15, 0.2) is 15.0 Å². The molecule has 0 fully saturated rings. The Bertz CT molecular complexity index is 1070. The monoisotopic (exact) mass is 413 g/mol. The molecule has 5 nitrogen and oxygen atoms in total. The van der Waals surface area contributed by atoms with Gasteiger partial charge in [0.05, 0.1) is 4.90 Å². The van der Waals surface area contributed by atoms with E-state index in [2.05, 4.69) is 35.8 Å². The second kappa shape index (κ2) is 8.75. The number of thioether (sulfide) groups is 1. The maximum Gasteiger partial charge on any atom is 0.191 e. The number of nitrogens with zero attached hydrogens (tertiary/aromatic N) is 3. The lowest BCUT2D eigenvalue weighted by molar-refractivity contribution is 0.590. The molecule has 28 heavy (non-hydrogen) atoms. The zero-order valence-corrected chi connectivity index (χ0v) is 17.6. The Hall–Kier alpha value is -2.38. The van der Waals surface area contributed by atoms with Crippen LogP contribution < -0.4 is 0 Å². The molecule has 0 amide bonds. The summed E-state index contributed by atoms with van der Waals surface area (Å²) in [4.78, 5) is 0.292. The molecule has 0 aliphatic rings. The molecular formula is C21H23N3O2S2. The quantitative estimate of drug-likeness (QED) is 0.406. The molecule has 0 bridgehead atoms. The minimum Gasteiger partial charge on any atom is -0.301 e. The molecule has 0 aliphatic heterocycles. The number of benzene rings is 2. The standard InChI is InChI=1S/C21H23N3O2S2/c1-4-13-24-20(15-28(25,26)19-11-9-16(2)10-12-19)22-23-21(24)27-14-18-8-6-5-7-17(18)3/h4-12H,1,13-15H2,2-3H3. The summed E-state index contributed by atoms with van der Waals surface area (Å²) in [6.07, 6.45) is 1.73. The summed E-state index contributed by atoms with van der Waals surface area (Å²) in [5.74, 6) is 0.974. The van der Waals surface area contributed by atoms with Crippen molar-refractivity contribution in [3.05, 3.63) is 83.7 Å². The van der Waals surface area contributed by atoms with Gasteiger partial charge in [0.2, 0.25) is 0 Å². The second-order valence-electron chi connectivity index (χ2n) is 6.59. The average Bonchev–Trinajstić information content (AvgIpc) is 3.03. The SMILES string of the molecule is C=CCn1c(CS(=O)(=O)c2ccc(C)cc2)nnc1SCc1ccccc1C. The summed E-state index contributed by atoms with van der Waals surface area (Å²) in [6, 6.07) is 15.0. The second-order valence-corrected chi connectivity index (χ2v) is 9.52. The van der Waals surface area contributed by atoms with E-state index in [4.69, 9.17) is 0 Å². The van der Waals surface area contributed by atoms with E-state index >= 15 is 0 Å². The Labute approximate surface area is 170 Å². The van der Waals surface area contributed by atoms with Crippen LogP contribution in [0.1, 0.15) is 22.5 Å². The Balaban J connectivity index is 1.83. The van der Waals surface area contributed by atoms with Gasteiger partial charge >= 0.3 is 0 Å². The van der Waals surface area contributed by atoms with Crippen molar-refractivity contribution in [3.63, 3.8) is 0 Å². The fourth-order valence-corrected chi connectivity index (χ4v) is 5.07. The highest BCUT2D eigenvalue weighted by atomic mass is 32.2. The molecule has 1 aromatic heterocycles. The lowest BCUT2D eigenvalue weighted by Gasteiger charge is -2.09. The van der Waals surface area contributed by atoms with E-state index in [1.54, 1.807) is 42.1 Å². The maximum atomic E-state index is 12.8. The normalized spacial score (nSPS) is 11.5. The third-order valence-electron chi connectivity index (χ3n) is 4.42. The van der Waals surface area contributed by atoms with Gasteiger partial charge in [-0.25, -0.2) is 8.42 Å². The van der Waals surface area contributed by atoms with E-state index in [-0.39, 0.29) is 5.75 Å². The minimum absolute atomic E-state index is 0.193. The van der Waals surface area contributed by atoms with Gasteiger partial charge in [-0.2, -0.15) is 0 Å². The molecule has 0 saturated carbocycles. The van der Waals surface area contributed by atoms with E-state index in [0.29, 0.717) is 22.4 Å². The number of rotatable bonds is 8. The summed E-state index contributed by atoms with van der Waals surface area (Å²) in [6.45, 7) is 8.24. The predicted molar refractivity (Wildman–Crippen MR) is 113 cm³/mol. The van der Waals surface area contributed by atoms with Crippen LogP contribution in [0.15, 0.2) is 71.2 Å². The Morgan fingerprint density at radius 1 is 1.07 bits per heavy atom. The number of hydrogen-bond donors (Lipinski definition) is 0. The molecule has 3 rings (SSSR count). The van der Waals surface area contributed by atoms with Crippen LogP contribution in [-0.4, -0.2) is 23.2 Å². The first-order valence-corrected chi connectivity index (χ1v) is 11.5. The molecule has 0 aliphatic carbocycles. The van der Waals surface area contributed by atoms with Crippen molar-refractivity contribution in [1.82, 2.24) is 14.8 Å². The first-order chi connectivity index (χ1) is 13.4. The average molecular weight is 414 g/mol. The first-order valence-electron chi connectivity index (χ1n) is 8.90. The highest BCUT2D eigenvalue weighted by Crippen LogP contribution is 2.25. The number of hydrogen-bond acceptors (Lipinski definition) is 5. The van der Waals surface area contributed by atoms with Gasteiger partial charge in [0, 0.05) is 12.3 Å². The molecular weight excluding hydrogens is 390 g/mol. The maximum absolute atomic E-state index is 12.8. The number of aryl methyl sites for hydroxylation is 2. The van der Waals surface area contributed by atoms with Crippen molar-refractivity contribution in [1.29, 1.82) is 0 Å². The number of allylic oxidation sites excluding steroid dienone is 1. The predicted octanol–water partition coefficient (Wildman–Crippen LogP) is 4.35. The highest BCUT2D eigenvalue weighted by molar-refractivity contribution is 7.98. The third kappa shape index (κ3) is 4.72. The molecule has 0 radical (unpaired) electrons. The van der Waals surface area contributed by atoms with E-state index < -0.39 is 9.84 Å². The van der Waals surface area contributed by atoms with Crippen LogP contribution in [0, 0.1) is 13.8 Å². The summed E-state index contributed by atoms with van der Waals surface area (Å²) in [5, 5.41) is 9.09. The van der Waals surface area contributed by atoms with Crippen molar-refractivity contribution < 1.29 is 8.42 Å². The zero-order valence-electron chi connectivity index (χ0n) is 16.0. The molecule has 146 valence electrons. The van der Waals surface area contributed by atoms with Crippen LogP contribution in [0.5, 0.6) is 0 Å². The first kappa shape index (κ1) is 20.4. The van der Waals surface area contributed by atoms with Crippen molar-refractivity contribution >= 4 is 21.6 Å². The highest BCUT2D eigenvalue weighted by Gasteiger charge is 2.21. The van der Waals surface area contributed by atoms with Crippen molar-refractivity contribution in [2.45, 2.75) is 41.9 Å². The van der Waals surface area contributed by atoms with Crippen molar-refractivity contribution in [2.24, 2.45) is 0 Å². The van der Waals surface area contributed by atoms with Crippen LogP contribution >= 0.6 is 11.8 Å². The summed E-state index contributed by atoms with van der Waals surface area (Å²) in [5.41, 5.74) is 3.45.